The van der Waals surface area contributed by atoms with Gasteiger partial charge in [-0.1, -0.05) is 12.1 Å². The van der Waals surface area contributed by atoms with E-state index in [4.69, 9.17) is 0 Å². The Morgan fingerprint density at radius 1 is 1.36 bits per heavy atom. The summed E-state index contributed by atoms with van der Waals surface area (Å²) < 4.78 is 30.6. The number of thiazole rings is 1. The third kappa shape index (κ3) is 3.00. The van der Waals surface area contributed by atoms with Crippen LogP contribution in [-0.2, 0) is 11.2 Å². The van der Waals surface area contributed by atoms with Crippen LogP contribution in [0.3, 0.4) is 0 Å². The Morgan fingerprint density at radius 2 is 2.23 bits per heavy atom. The fraction of sp³-hybridized carbons (Fsp3) is 0.0667. The van der Waals surface area contributed by atoms with Crippen molar-refractivity contribution in [3.63, 3.8) is 0 Å². The van der Waals surface area contributed by atoms with E-state index in [0.717, 1.165) is 11.6 Å². The van der Waals surface area contributed by atoms with Gasteiger partial charge >= 0.3 is 6.21 Å². The highest BCUT2D eigenvalue weighted by Crippen LogP contribution is 2.21. The third-order valence-corrected chi connectivity index (χ3v) is 3.74. The summed E-state index contributed by atoms with van der Waals surface area (Å²) >= 11 is 1.26. The van der Waals surface area contributed by atoms with Crippen LogP contribution in [0.2, 0.25) is 0 Å². The molecule has 0 saturated heterocycles. The molecule has 0 bridgehead atoms. The number of allylic oxidation sites excluding steroid dienone is 2. The highest BCUT2D eigenvalue weighted by molar-refractivity contribution is 7.14. The van der Waals surface area contributed by atoms with Gasteiger partial charge in [0.1, 0.15) is 0 Å². The molecule has 0 radical (unpaired) electrons. The molecule has 1 aliphatic heterocycles. The highest BCUT2D eigenvalue weighted by Gasteiger charge is 2.15. The van der Waals surface area contributed by atoms with Crippen LogP contribution in [0.4, 0.5) is 13.9 Å². The number of hydrogen-bond acceptors (Lipinski definition) is 3. The van der Waals surface area contributed by atoms with Crippen molar-refractivity contribution in [3.8, 4) is 0 Å². The van der Waals surface area contributed by atoms with Gasteiger partial charge in [-0.15, -0.1) is 16.0 Å². The second-order valence-corrected chi connectivity index (χ2v) is 5.38. The number of nitrogens with zero attached hydrogens (tertiary/aromatic N) is 2. The van der Waals surface area contributed by atoms with Crippen LogP contribution in [0.1, 0.15) is 11.3 Å². The molecule has 2 aromatic rings. The second-order valence-electron chi connectivity index (χ2n) is 4.53. The van der Waals surface area contributed by atoms with Crippen molar-refractivity contribution >= 4 is 40.4 Å². The van der Waals surface area contributed by atoms with Crippen molar-refractivity contribution < 1.29 is 13.6 Å². The van der Waals surface area contributed by atoms with Gasteiger partial charge in [0.05, 0.1) is 17.7 Å². The molecule has 1 N–H and O–H groups in total. The summed E-state index contributed by atoms with van der Waals surface area (Å²) in [5, 5.41) is 4.77. The van der Waals surface area contributed by atoms with Crippen LogP contribution in [0.5, 0.6) is 0 Å². The monoisotopic (exact) mass is 318 g/mol. The first-order chi connectivity index (χ1) is 10.6. The first-order valence-electron chi connectivity index (χ1n) is 6.39. The molecule has 3 rings (SSSR count). The summed E-state index contributed by atoms with van der Waals surface area (Å²) in [6, 6.07) is 3.75. The smallest absolute Gasteiger partial charge is 0.302 e. The zero-order valence-corrected chi connectivity index (χ0v) is 12.0. The zero-order valence-electron chi connectivity index (χ0n) is 11.2. The van der Waals surface area contributed by atoms with E-state index in [1.165, 1.54) is 23.5 Å². The minimum Gasteiger partial charge on any atom is -0.302 e. The van der Waals surface area contributed by atoms with E-state index in [2.05, 4.69) is 15.0 Å². The Hall–Kier alpha value is -2.63. The molecular formula is C15H10F2N3OS+. The van der Waals surface area contributed by atoms with Gasteiger partial charge in [-0.3, -0.25) is 4.79 Å². The second kappa shape index (κ2) is 6.01. The first-order valence-corrected chi connectivity index (χ1v) is 7.27. The van der Waals surface area contributed by atoms with E-state index in [9.17, 15) is 13.6 Å². The Labute approximate surface area is 128 Å². The SMILES string of the molecule is O=C(Cc1cccc(F)c1F)Nc1nc(C2=CC=[N+]=C2)cs1. The number of aromatic nitrogens is 1. The van der Waals surface area contributed by atoms with Crippen LogP contribution in [0, 0.1) is 11.6 Å². The molecule has 0 aliphatic carbocycles. The molecule has 1 aromatic heterocycles. The summed E-state index contributed by atoms with van der Waals surface area (Å²) in [5.41, 5.74) is 1.57. The number of halogens is 2. The summed E-state index contributed by atoms with van der Waals surface area (Å²) in [6.07, 6.45) is 4.88. The van der Waals surface area contributed by atoms with Crippen LogP contribution in [-0.4, -0.2) is 23.3 Å². The summed E-state index contributed by atoms with van der Waals surface area (Å²) in [7, 11) is 0. The minimum atomic E-state index is -1.000. The molecule has 0 fully saturated rings. The van der Waals surface area contributed by atoms with E-state index in [1.54, 1.807) is 17.8 Å². The fourth-order valence-corrected chi connectivity index (χ4v) is 2.66. The molecule has 1 amide bonds. The molecule has 1 aliphatic rings. The molecule has 4 nitrogen and oxygen atoms in total. The number of nitrogens with one attached hydrogen (secondary N) is 1. The average molecular weight is 318 g/mol. The summed E-state index contributed by atoms with van der Waals surface area (Å²) in [5.74, 6) is -2.42. The van der Waals surface area contributed by atoms with E-state index in [1.807, 2.05) is 6.08 Å². The minimum absolute atomic E-state index is 0.00881. The Balaban J connectivity index is 1.67. The Bertz CT molecular complexity index is 835. The van der Waals surface area contributed by atoms with Crippen molar-refractivity contribution in [2.45, 2.75) is 6.42 Å². The maximum absolute atomic E-state index is 13.5. The molecule has 22 heavy (non-hydrogen) atoms. The number of hydrogen-bond donors (Lipinski definition) is 1. The van der Waals surface area contributed by atoms with Gasteiger partial charge in [-0.2, -0.15) is 0 Å². The number of rotatable bonds is 4. The largest absolute Gasteiger partial charge is 0.302 e. The number of carbonyl (C=O) groups is 1. The van der Waals surface area contributed by atoms with E-state index >= 15 is 0 Å². The van der Waals surface area contributed by atoms with Crippen molar-refractivity contribution in [3.05, 3.63) is 52.5 Å². The molecule has 0 spiro atoms. The topological polar surface area (TPSA) is 56.1 Å². The summed E-state index contributed by atoms with van der Waals surface area (Å²) in [6.45, 7) is 0. The summed E-state index contributed by atoms with van der Waals surface area (Å²) in [4.78, 5) is 16.1. The van der Waals surface area contributed by atoms with Gasteiger partial charge in [-0.05, 0) is 6.07 Å². The van der Waals surface area contributed by atoms with Crippen LogP contribution in [0.25, 0.3) is 5.57 Å². The molecule has 0 unspecified atom stereocenters. The van der Waals surface area contributed by atoms with Gasteiger partial charge in [0.25, 0.3) is 6.21 Å². The van der Waals surface area contributed by atoms with E-state index in [0.29, 0.717) is 10.8 Å². The lowest BCUT2D eigenvalue weighted by atomic mass is 10.1. The van der Waals surface area contributed by atoms with Gasteiger partial charge in [0.2, 0.25) is 5.91 Å². The van der Waals surface area contributed by atoms with Crippen molar-refractivity contribution in [1.29, 1.82) is 0 Å². The molecule has 7 heteroatoms. The Kier molecular flexibility index (Phi) is 3.91. The first kappa shape index (κ1) is 14.3. The molecular weight excluding hydrogens is 308 g/mol. The van der Waals surface area contributed by atoms with Crippen molar-refractivity contribution in [2.75, 3.05) is 5.32 Å². The molecule has 1 aromatic carbocycles. The number of amides is 1. The van der Waals surface area contributed by atoms with E-state index in [-0.39, 0.29) is 12.0 Å². The quantitative estimate of drug-likeness (QED) is 0.879. The van der Waals surface area contributed by atoms with Crippen LogP contribution in [0.15, 0.2) is 29.7 Å². The van der Waals surface area contributed by atoms with E-state index < -0.39 is 17.5 Å². The predicted octanol–water partition coefficient (Wildman–Crippen LogP) is 2.21. The van der Waals surface area contributed by atoms with Gasteiger partial charge in [0.15, 0.2) is 16.8 Å². The van der Waals surface area contributed by atoms with Crippen LogP contribution >= 0.6 is 11.3 Å². The standard InChI is InChI=1S/C15H9F2N3OS/c16-11-3-1-2-9(14(11)17)6-13(21)20-15-19-12(8-22-15)10-4-5-18-7-10/h1-5,7-8H,6H2/p+1. The molecule has 2 heterocycles. The zero-order chi connectivity index (χ0) is 15.5. The van der Waals surface area contributed by atoms with Gasteiger partial charge in [0, 0.05) is 17.0 Å². The lowest BCUT2D eigenvalue weighted by Crippen LogP contribution is -2.15. The maximum atomic E-state index is 13.5. The Morgan fingerprint density at radius 3 is 3.00 bits per heavy atom. The number of carbonyl (C=O) groups excluding carboxylic acids is 1. The van der Waals surface area contributed by atoms with Crippen LogP contribution < -0.4 is 9.98 Å². The highest BCUT2D eigenvalue weighted by atomic mass is 32.1. The third-order valence-electron chi connectivity index (χ3n) is 2.98. The predicted molar refractivity (Wildman–Crippen MR) is 83.0 cm³/mol. The normalized spacial score (nSPS) is 12.5. The molecule has 0 atom stereocenters. The fourth-order valence-electron chi connectivity index (χ4n) is 1.93. The lowest BCUT2D eigenvalue weighted by Gasteiger charge is -2.03. The maximum Gasteiger partial charge on any atom is 0.302 e. The molecule has 110 valence electrons. The van der Waals surface area contributed by atoms with Crippen molar-refractivity contribution in [2.24, 2.45) is 0 Å². The molecule has 0 saturated carbocycles. The lowest BCUT2D eigenvalue weighted by molar-refractivity contribution is -0.115. The number of benzene rings is 1. The number of anilines is 1. The van der Waals surface area contributed by atoms with Gasteiger partial charge in [-0.25, -0.2) is 13.8 Å². The average Bonchev–Trinajstić information content (AvgIpc) is 3.14. The van der Waals surface area contributed by atoms with Crippen molar-refractivity contribution in [1.82, 2.24) is 9.65 Å². The van der Waals surface area contributed by atoms with Gasteiger partial charge < -0.3 is 5.32 Å².